The van der Waals surface area contributed by atoms with Crippen molar-refractivity contribution in [3.63, 3.8) is 0 Å². The SMILES string of the molecule is CCN(c1ccc(NC(=O)CSc2ccc(NC(C)=O)cc2)cc1)C(C)C. The number of hydrogen-bond donors (Lipinski definition) is 2. The lowest BCUT2D eigenvalue weighted by Gasteiger charge is -2.27. The molecule has 0 heterocycles. The zero-order valence-electron chi connectivity index (χ0n) is 16.3. The van der Waals surface area contributed by atoms with Crippen molar-refractivity contribution in [1.29, 1.82) is 0 Å². The maximum absolute atomic E-state index is 12.2. The van der Waals surface area contributed by atoms with Gasteiger partial charge >= 0.3 is 0 Å². The smallest absolute Gasteiger partial charge is 0.234 e. The molecular formula is C21H27N3O2S. The lowest BCUT2D eigenvalue weighted by atomic mass is 10.2. The molecule has 0 fully saturated rings. The molecule has 0 aliphatic carbocycles. The van der Waals surface area contributed by atoms with Crippen LogP contribution in [0.2, 0.25) is 0 Å². The third kappa shape index (κ3) is 6.64. The van der Waals surface area contributed by atoms with E-state index in [0.29, 0.717) is 11.8 Å². The molecule has 0 saturated heterocycles. The van der Waals surface area contributed by atoms with Crippen LogP contribution in [0.1, 0.15) is 27.7 Å². The first-order valence-corrected chi connectivity index (χ1v) is 10.0. The van der Waals surface area contributed by atoms with Crippen LogP contribution in [0.4, 0.5) is 17.1 Å². The van der Waals surface area contributed by atoms with Gasteiger partial charge in [-0.05, 0) is 69.3 Å². The van der Waals surface area contributed by atoms with Crippen LogP contribution >= 0.6 is 11.8 Å². The zero-order valence-corrected chi connectivity index (χ0v) is 17.1. The van der Waals surface area contributed by atoms with Crippen molar-refractivity contribution in [2.45, 2.75) is 38.6 Å². The van der Waals surface area contributed by atoms with Gasteiger partial charge in [-0.25, -0.2) is 0 Å². The van der Waals surface area contributed by atoms with Crippen molar-refractivity contribution in [3.05, 3.63) is 48.5 Å². The molecule has 0 spiro atoms. The third-order valence-electron chi connectivity index (χ3n) is 3.99. The highest BCUT2D eigenvalue weighted by Gasteiger charge is 2.09. The van der Waals surface area contributed by atoms with Crippen LogP contribution in [-0.4, -0.2) is 30.2 Å². The Kier molecular flexibility index (Phi) is 7.73. The minimum atomic E-state index is -0.101. The second-order valence-corrected chi connectivity index (χ2v) is 7.52. The lowest BCUT2D eigenvalue weighted by Crippen LogP contribution is -2.30. The number of nitrogens with one attached hydrogen (secondary N) is 2. The molecule has 5 nitrogen and oxygen atoms in total. The van der Waals surface area contributed by atoms with Gasteiger partial charge in [0.1, 0.15) is 0 Å². The van der Waals surface area contributed by atoms with Gasteiger partial charge in [0.15, 0.2) is 0 Å². The highest BCUT2D eigenvalue weighted by molar-refractivity contribution is 8.00. The summed E-state index contributed by atoms with van der Waals surface area (Å²) in [6.07, 6.45) is 0. The minimum absolute atomic E-state index is 0.0464. The number of amides is 2. The van der Waals surface area contributed by atoms with E-state index in [-0.39, 0.29) is 11.8 Å². The van der Waals surface area contributed by atoms with Gasteiger partial charge in [-0.15, -0.1) is 11.8 Å². The van der Waals surface area contributed by atoms with Crippen molar-refractivity contribution < 1.29 is 9.59 Å². The Bertz CT molecular complexity index is 758. The molecule has 0 bridgehead atoms. The van der Waals surface area contributed by atoms with E-state index < -0.39 is 0 Å². The fourth-order valence-corrected chi connectivity index (χ4v) is 3.46. The summed E-state index contributed by atoms with van der Waals surface area (Å²) in [6, 6.07) is 15.8. The molecule has 2 N–H and O–H groups in total. The average Bonchev–Trinajstić information content (AvgIpc) is 2.62. The Balaban J connectivity index is 1.85. The normalized spacial score (nSPS) is 10.6. The summed E-state index contributed by atoms with van der Waals surface area (Å²) < 4.78 is 0. The van der Waals surface area contributed by atoms with Gasteiger partial charge in [0.2, 0.25) is 11.8 Å². The van der Waals surface area contributed by atoms with Crippen molar-refractivity contribution in [2.75, 3.05) is 27.8 Å². The number of thioether (sulfide) groups is 1. The first-order chi connectivity index (χ1) is 12.9. The van der Waals surface area contributed by atoms with E-state index in [0.717, 1.165) is 28.5 Å². The van der Waals surface area contributed by atoms with Crippen LogP contribution in [0.5, 0.6) is 0 Å². The van der Waals surface area contributed by atoms with Crippen LogP contribution in [0.25, 0.3) is 0 Å². The Morgan fingerprint density at radius 1 is 0.963 bits per heavy atom. The fraction of sp³-hybridized carbons (Fsp3) is 0.333. The van der Waals surface area contributed by atoms with Crippen molar-refractivity contribution in [3.8, 4) is 0 Å². The average molecular weight is 386 g/mol. The number of anilines is 3. The molecule has 6 heteroatoms. The minimum Gasteiger partial charge on any atom is -0.369 e. The highest BCUT2D eigenvalue weighted by Crippen LogP contribution is 2.22. The molecule has 144 valence electrons. The van der Waals surface area contributed by atoms with Gasteiger partial charge < -0.3 is 15.5 Å². The summed E-state index contributed by atoms with van der Waals surface area (Å²) in [5.74, 6) is 0.181. The number of benzene rings is 2. The molecule has 2 aromatic rings. The van der Waals surface area contributed by atoms with Gasteiger partial charge in [-0.1, -0.05) is 0 Å². The van der Waals surface area contributed by atoms with Crippen LogP contribution in [0.3, 0.4) is 0 Å². The molecular weight excluding hydrogens is 358 g/mol. The second kappa shape index (κ2) is 10.0. The van der Waals surface area contributed by atoms with Crippen LogP contribution in [0.15, 0.2) is 53.4 Å². The summed E-state index contributed by atoms with van der Waals surface area (Å²) >= 11 is 1.46. The Morgan fingerprint density at radius 2 is 1.52 bits per heavy atom. The molecule has 2 aromatic carbocycles. The molecule has 0 aromatic heterocycles. The maximum atomic E-state index is 12.2. The predicted octanol–water partition coefficient (Wildman–Crippen LogP) is 4.61. The van der Waals surface area contributed by atoms with E-state index in [1.165, 1.54) is 18.7 Å². The van der Waals surface area contributed by atoms with Crippen LogP contribution in [0, 0.1) is 0 Å². The predicted molar refractivity (Wildman–Crippen MR) is 115 cm³/mol. The first kappa shape index (κ1) is 20.8. The Hall–Kier alpha value is -2.47. The Labute approximate surface area is 165 Å². The molecule has 0 unspecified atom stereocenters. The number of carbonyl (C=O) groups excluding carboxylic acids is 2. The molecule has 0 saturated carbocycles. The van der Waals surface area contributed by atoms with Gasteiger partial charge in [0, 0.05) is 41.5 Å². The Morgan fingerprint density at radius 3 is 2.04 bits per heavy atom. The molecule has 2 rings (SSSR count). The van der Waals surface area contributed by atoms with Gasteiger partial charge in [0.05, 0.1) is 5.75 Å². The fourth-order valence-electron chi connectivity index (χ4n) is 2.77. The summed E-state index contributed by atoms with van der Waals surface area (Å²) in [7, 11) is 0. The van der Waals surface area contributed by atoms with Crippen LogP contribution in [-0.2, 0) is 9.59 Å². The third-order valence-corrected chi connectivity index (χ3v) is 5.00. The summed E-state index contributed by atoms with van der Waals surface area (Å²) in [4.78, 5) is 26.5. The van der Waals surface area contributed by atoms with E-state index in [1.54, 1.807) is 0 Å². The van der Waals surface area contributed by atoms with E-state index in [9.17, 15) is 9.59 Å². The number of carbonyl (C=O) groups is 2. The lowest BCUT2D eigenvalue weighted by molar-refractivity contribution is -0.114. The first-order valence-electron chi connectivity index (χ1n) is 9.06. The molecule has 27 heavy (non-hydrogen) atoms. The monoisotopic (exact) mass is 385 g/mol. The topological polar surface area (TPSA) is 61.4 Å². The number of hydrogen-bond acceptors (Lipinski definition) is 4. The van der Waals surface area contributed by atoms with E-state index in [4.69, 9.17) is 0 Å². The molecule has 0 aliphatic rings. The highest BCUT2D eigenvalue weighted by atomic mass is 32.2. The van der Waals surface area contributed by atoms with Crippen LogP contribution < -0.4 is 15.5 Å². The zero-order chi connectivity index (χ0) is 19.8. The standard InChI is InChI=1S/C21H27N3O2S/c1-5-24(15(2)3)19-10-6-18(7-11-19)23-21(26)14-27-20-12-8-17(9-13-20)22-16(4)25/h6-13,15H,5,14H2,1-4H3,(H,22,25)(H,23,26). The molecule has 0 atom stereocenters. The molecule has 0 radical (unpaired) electrons. The molecule has 0 aliphatic heterocycles. The van der Waals surface area contributed by atoms with Gasteiger partial charge in [-0.3, -0.25) is 9.59 Å². The number of nitrogens with zero attached hydrogens (tertiary/aromatic N) is 1. The second-order valence-electron chi connectivity index (χ2n) is 6.47. The van der Waals surface area contributed by atoms with Crippen molar-refractivity contribution in [1.82, 2.24) is 0 Å². The van der Waals surface area contributed by atoms with Gasteiger partial charge in [0.25, 0.3) is 0 Å². The summed E-state index contributed by atoms with van der Waals surface area (Å²) in [5.41, 5.74) is 2.70. The van der Waals surface area contributed by atoms with Crippen molar-refractivity contribution in [2.24, 2.45) is 0 Å². The van der Waals surface area contributed by atoms with Gasteiger partial charge in [-0.2, -0.15) is 0 Å². The molecule has 2 amide bonds. The maximum Gasteiger partial charge on any atom is 0.234 e. The van der Waals surface area contributed by atoms with E-state index in [1.807, 2.05) is 48.5 Å². The van der Waals surface area contributed by atoms with E-state index >= 15 is 0 Å². The van der Waals surface area contributed by atoms with E-state index in [2.05, 4.69) is 36.3 Å². The van der Waals surface area contributed by atoms with Crippen molar-refractivity contribution >= 4 is 40.6 Å². The quantitative estimate of drug-likeness (QED) is 0.652. The summed E-state index contributed by atoms with van der Waals surface area (Å²) in [6.45, 7) is 8.89. The summed E-state index contributed by atoms with van der Waals surface area (Å²) in [5, 5.41) is 5.65. The largest absolute Gasteiger partial charge is 0.369 e. The number of rotatable bonds is 8.